The van der Waals surface area contributed by atoms with E-state index < -0.39 is 5.97 Å². The van der Waals surface area contributed by atoms with Crippen LogP contribution >= 0.6 is 12.4 Å². The first-order valence-electron chi connectivity index (χ1n) is 0.928. The van der Waals surface area contributed by atoms with Crippen molar-refractivity contribution >= 4 is 64.5 Å². The summed E-state index contributed by atoms with van der Waals surface area (Å²) in [5, 5.41) is 7.42. The van der Waals surface area contributed by atoms with Gasteiger partial charge in [-0.2, -0.15) is 0 Å². The van der Waals surface area contributed by atoms with Crippen molar-refractivity contribution in [2.24, 2.45) is 0 Å². The number of rotatable bonds is 0. The highest BCUT2D eigenvalue weighted by molar-refractivity contribution is 5.85. The lowest BCUT2D eigenvalue weighted by Crippen LogP contribution is -1.78. The first-order valence-corrected chi connectivity index (χ1v) is 0.928. The molecule has 0 heterocycles. The third kappa shape index (κ3) is 122. The summed E-state index contributed by atoms with van der Waals surface area (Å²) in [6.07, 6.45) is 0. The van der Waals surface area contributed by atoms with Crippen molar-refractivity contribution in [3.05, 3.63) is 0 Å². The Morgan fingerprint density at radius 3 is 1.43 bits per heavy atom. The van der Waals surface area contributed by atoms with Gasteiger partial charge in [0.15, 0.2) is 0 Å². The number of hydrogen-bond acceptors (Lipinski definition) is 1. The summed E-state index contributed by atoms with van der Waals surface area (Å²) in [7, 11) is 0. The second-order valence-electron chi connectivity index (χ2n) is 0.519. The summed E-state index contributed by atoms with van der Waals surface area (Å²) < 4.78 is 0. The van der Waals surface area contributed by atoms with E-state index in [1.807, 2.05) is 0 Å². The molecule has 0 fully saturated rings. The molecule has 0 saturated heterocycles. The number of halogens is 1. The van der Waals surface area contributed by atoms with Gasteiger partial charge in [-0.15, -0.1) is 12.4 Å². The fraction of sp³-hybridized carbons (Fsp3) is 0.500. The third-order valence-corrected chi connectivity index (χ3v) is 0. The maximum absolute atomic E-state index is 9.00. The highest BCUT2D eigenvalue weighted by atomic mass is 35.5. The van der Waals surface area contributed by atoms with Crippen LogP contribution in [0.2, 0.25) is 0 Å². The number of aliphatic carboxylic acids is 1. The quantitative estimate of drug-likeness (QED) is 0.434. The smallest absolute Gasteiger partial charge is 0.316 e. The Hall–Kier alpha value is 1.29. The van der Waals surface area contributed by atoms with Crippen LogP contribution in [0.15, 0.2) is 0 Å². The van der Waals surface area contributed by atoms with Gasteiger partial charge in [0.2, 0.25) is 0 Å². The van der Waals surface area contributed by atoms with E-state index in [9.17, 15) is 0 Å². The molecule has 0 amide bonds. The monoisotopic (exact) mass is 148 g/mol. The lowest BCUT2D eigenvalue weighted by atomic mass is 10.9. The van der Waals surface area contributed by atoms with Crippen LogP contribution in [-0.4, -0.2) is 57.2 Å². The van der Waals surface area contributed by atoms with Crippen molar-refractivity contribution in [2.75, 3.05) is 0 Å². The minimum absolute atomic E-state index is 0. The van der Waals surface area contributed by atoms with Crippen LogP contribution in [0.5, 0.6) is 0 Å². The molecular formula is C2H9ClMg2O2. The Bertz CT molecular complexity index is 36.7. The second-order valence-corrected chi connectivity index (χ2v) is 0.519. The van der Waals surface area contributed by atoms with E-state index in [1.165, 1.54) is 0 Å². The number of carboxylic acids is 1. The van der Waals surface area contributed by atoms with Gasteiger partial charge in [0.05, 0.1) is 0 Å². The molecule has 0 aliphatic carbocycles. The summed E-state index contributed by atoms with van der Waals surface area (Å²) in [6, 6.07) is 0. The van der Waals surface area contributed by atoms with E-state index in [2.05, 4.69) is 0 Å². The molecule has 0 rings (SSSR count). The standard InChI is InChI=1S/C2H4O2.ClH.2Mg.4H/c1-2(3)4;;;;;;;/h1H3,(H,3,4);1H;;;;;;. The van der Waals surface area contributed by atoms with Crippen LogP contribution in [0, 0.1) is 0 Å². The van der Waals surface area contributed by atoms with E-state index in [1.54, 1.807) is 0 Å². The van der Waals surface area contributed by atoms with E-state index in [0.717, 1.165) is 6.92 Å². The van der Waals surface area contributed by atoms with Crippen LogP contribution in [0.1, 0.15) is 6.92 Å². The molecule has 0 aromatic heterocycles. The Balaban J connectivity index is -0.0000000150. The van der Waals surface area contributed by atoms with Crippen molar-refractivity contribution in [2.45, 2.75) is 6.92 Å². The molecule has 7 heavy (non-hydrogen) atoms. The molecule has 40 valence electrons. The molecule has 0 spiro atoms. The van der Waals surface area contributed by atoms with Crippen LogP contribution in [0.3, 0.4) is 0 Å². The Kier molecular flexibility index (Phi) is 53.6. The Morgan fingerprint density at radius 1 is 1.43 bits per heavy atom. The SMILES string of the molecule is CC(=O)O.Cl.[MgH2].[MgH2]. The zero-order chi connectivity index (χ0) is 3.58. The third-order valence-electron chi connectivity index (χ3n) is 0. The molecule has 0 saturated carbocycles. The van der Waals surface area contributed by atoms with Gasteiger partial charge in [-0.3, -0.25) is 4.79 Å². The van der Waals surface area contributed by atoms with Gasteiger partial charge < -0.3 is 5.11 Å². The molecule has 0 radical (unpaired) electrons. The zero-order valence-electron chi connectivity index (χ0n) is 2.76. The predicted molar refractivity (Wildman–Crippen MR) is 37.6 cm³/mol. The average molecular weight is 149 g/mol. The Labute approximate surface area is 80.8 Å². The number of hydrogen-bond donors (Lipinski definition) is 1. The van der Waals surface area contributed by atoms with Gasteiger partial charge in [-0.25, -0.2) is 0 Å². The van der Waals surface area contributed by atoms with Crippen molar-refractivity contribution in [3.63, 3.8) is 0 Å². The summed E-state index contributed by atoms with van der Waals surface area (Å²) in [4.78, 5) is 9.00. The van der Waals surface area contributed by atoms with Crippen LogP contribution in [0.4, 0.5) is 0 Å². The predicted octanol–water partition coefficient (Wildman–Crippen LogP) is -1.32. The molecule has 1 N–H and O–H groups in total. The lowest BCUT2D eigenvalue weighted by Gasteiger charge is -1.59. The highest BCUT2D eigenvalue weighted by Crippen LogP contribution is 1.42. The van der Waals surface area contributed by atoms with Gasteiger partial charge in [0.25, 0.3) is 5.97 Å². The molecule has 0 atom stereocenters. The summed E-state index contributed by atoms with van der Waals surface area (Å²) in [6.45, 7) is 1.08. The number of carboxylic acid groups (broad SMARTS) is 1. The fourth-order valence-electron chi connectivity index (χ4n) is 0. The zero-order valence-corrected chi connectivity index (χ0v) is 3.58. The van der Waals surface area contributed by atoms with Gasteiger partial charge >= 0.3 is 46.1 Å². The maximum Gasteiger partial charge on any atom is 0.316 e. The summed E-state index contributed by atoms with van der Waals surface area (Å²) >= 11 is 0. The molecular weight excluding hydrogens is 140 g/mol. The first kappa shape index (κ1) is 23.9. The largest absolute Gasteiger partial charge is 0.481 e. The topological polar surface area (TPSA) is 37.3 Å². The lowest BCUT2D eigenvalue weighted by molar-refractivity contribution is -0.134. The van der Waals surface area contributed by atoms with E-state index in [-0.39, 0.29) is 58.5 Å². The van der Waals surface area contributed by atoms with Crippen molar-refractivity contribution in [1.82, 2.24) is 0 Å². The Morgan fingerprint density at radius 2 is 1.43 bits per heavy atom. The minimum atomic E-state index is -0.833. The second kappa shape index (κ2) is 15.7. The van der Waals surface area contributed by atoms with Crippen molar-refractivity contribution < 1.29 is 9.90 Å². The molecule has 0 bridgehead atoms. The molecule has 0 aliphatic heterocycles. The molecule has 0 aliphatic rings. The molecule has 5 heteroatoms. The van der Waals surface area contributed by atoms with E-state index in [0.29, 0.717) is 0 Å². The molecule has 0 aromatic carbocycles. The normalized spacial score (nSPS) is 3.57. The summed E-state index contributed by atoms with van der Waals surface area (Å²) in [5.41, 5.74) is 0. The van der Waals surface area contributed by atoms with Crippen LogP contribution in [0.25, 0.3) is 0 Å². The van der Waals surface area contributed by atoms with Gasteiger partial charge in [0, 0.05) is 6.92 Å². The van der Waals surface area contributed by atoms with Crippen LogP contribution in [-0.2, 0) is 4.79 Å². The first-order chi connectivity index (χ1) is 1.73. The molecule has 2 nitrogen and oxygen atoms in total. The van der Waals surface area contributed by atoms with Gasteiger partial charge in [-0.1, -0.05) is 0 Å². The van der Waals surface area contributed by atoms with E-state index >= 15 is 0 Å². The van der Waals surface area contributed by atoms with Crippen LogP contribution < -0.4 is 0 Å². The van der Waals surface area contributed by atoms with Crippen molar-refractivity contribution in [1.29, 1.82) is 0 Å². The molecule has 0 aromatic rings. The summed E-state index contributed by atoms with van der Waals surface area (Å²) in [5.74, 6) is -0.833. The minimum Gasteiger partial charge on any atom is -0.481 e. The van der Waals surface area contributed by atoms with Gasteiger partial charge in [0.1, 0.15) is 0 Å². The average Bonchev–Trinajstić information content (AvgIpc) is 0.811. The molecule has 0 unspecified atom stereocenters. The highest BCUT2D eigenvalue weighted by Gasteiger charge is 1.65. The van der Waals surface area contributed by atoms with Gasteiger partial charge in [-0.05, 0) is 0 Å². The number of carbonyl (C=O) groups is 1. The van der Waals surface area contributed by atoms with E-state index in [4.69, 9.17) is 9.90 Å². The maximum atomic E-state index is 9.00. The van der Waals surface area contributed by atoms with Crippen molar-refractivity contribution in [3.8, 4) is 0 Å². The fourth-order valence-corrected chi connectivity index (χ4v) is 0.